The third-order valence-corrected chi connectivity index (χ3v) is 4.01. The van der Waals surface area contributed by atoms with E-state index in [4.69, 9.17) is 10.2 Å². The van der Waals surface area contributed by atoms with Crippen molar-refractivity contribution in [3.05, 3.63) is 35.6 Å². The number of hydrogen-bond acceptors (Lipinski definition) is 3. The molecule has 2 N–H and O–H groups in total. The molecule has 1 aliphatic carbocycles. The molecule has 2 aromatic rings. The van der Waals surface area contributed by atoms with Crippen LogP contribution in [0.5, 0.6) is 0 Å². The van der Waals surface area contributed by atoms with Crippen LogP contribution in [0.25, 0.3) is 11.0 Å². The van der Waals surface area contributed by atoms with Crippen LogP contribution in [0.4, 0.5) is 0 Å². The molecule has 102 valence electrons. The van der Waals surface area contributed by atoms with Gasteiger partial charge in [-0.15, -0.1) is 0 Å². The number of fused-ring (bicyclic) bond motifs is 1. The van der Waals surface area contributed by atoms with E-state index in [1.165, 1.54) is 30.3 Å². The molecule has 0 unspecified atom stereocenters. The molecule has 3 nitrogen and oxygen atoms in total. The van der Waals surface area contributed by atoms with E-state index in [1.54, 1.807) is 0 Å². The van der Waals surface area contributed by atoms with Gasteiger partial charge in [-0.3, -0.25) is 4.90 Å². The van der Waals surface area contributed by atoms with Gasteiger partial charge in [0.2, 0.25) is 0 Å². The van der Waals surface area contributed by atoms with E-state index in [0.717, 1.165) is 30.4 Å². The zero-order valence-electron chi connectivity index (χ0n) is 11.6. The first-order chi connectivity index (χ1) is 9.31. The van der Waals surface area contributed by atoms with Gasteiger partial charge in [0.05, 0.1) is 6.54 Å². The Morgan fingerprint density at radius 2 is 2.11 bits per heavy atom. The SMILES string of the molecule is CCN(Cc1c(CN)oc2ccccc12)CC1CC1. The van der Waals surface area contributed by atoms with Gasteiger partial charge in [0, 0.05) is 24.0 Å². The summed E-state index contributed by atoms with van der Waals surface area (Å²) in [6, 6.07) is 8.24. The molecule has 1 heterocycles. The second-order valence-corrected chi connectivity index (χ2v) is 5.48. The number of benzene rings is 1. The molecule has 0 amide bonds. The Hall–Kier alpha value is -1.32. The van der Waals surface area contributed by atoms with E-state index in [2.05, 4.69) is 24.0 Å². The first-order valence-corrected chi connectivity index (χ1v) is 7.23. The van der Waals surface area contributed by atoms with Gasteiger partial charge in [0.1, 0.15) is 11.3 Å². The standard InChI is InChI=1S/C16H22N2O/c1-2-18(10-12-7-8-12)11-14-13-5-3-4-6-15(13)19-16(14)9-17/h3-6,12H,2,7-11,17H2,1H3. The maximum atomic E-state index is 5.86. The van der Waals surface area contributed by atoms with Crippen molar-refractivity contribution < 1.29 is 4.42 Å². The molecule has 1 aromatic heterocycles. The molecule has 3 heteroatoms. The van der Waals surface area contributed by atoms with Crippen LogP contribution < -0.4 is 5.73 Å². The average molecular weight is 258 g/mol. The molecule has 19 heavy (non-hydrogen) atoms. The van der Waals surface area contributed by atoms with Gasteiger partial charge < -0.3 is 10.2 Å². The van der Waals surface area contributed by atoms with Crippen LogP contribution in [0, 0.1) is 5.92 Å². The third kappa shape index (κ3) is 2.67. The summed E-state index contributed by atoms with van der Waals surface area (Å²) in [6.45, 7) is 5.95. The van der Waals surface area contributed by atoms with E-state index in [0.29, 0.717) is 6.54 Å². The van der Waals surface area contributed by atoms with Crippen LogP contribution in [0.3, 0.4) is 0 Å². The zero-order chi connectivity index (χ0) is 13.2. The molecule has 1 saturated carbocycles. The molecule has 1 aromatic carbocycles. The minimum atomic E-state index is 0.477. The Morgan fingerprint density at radius 3 is 2.79 bits per heavy atom. The quantitative estimate of drug-likeness (QED) is 0.865. The van der Waals surface area contributed by atoms with E-state index in [9.17, 15) is 0 Å². The molecule has 0 bridgehead atoms. The molecule has 0 radical (unpaired) electrons. The Labute approximate surface area is 114 Å². The first kappa shape index (κ1) is 12.7. The highest BCUT2D eigenvalue weighted by atomic mass is 16.3. The van der Waals surface area contributed by atoms with E-state index in [1.807, 2.05) is 12.1 Å². The van der Waals surface area contributed by atoms with Crippen LogP contribution >= 0.6 is 0 Å². The maximum Gasteiger partial charge on any atom is 0.134 e. The van der Waals surface area contributed by atoms with Gasteiger partial charge in [0.25, 0.3) is 0 Å². The highest BCUT2D eigenvalue weighted by Crippen LogP contribution is 2.32. The normalized spacial score (nSPS) is 15.5. The summed E-state index contributed by atoms with van der Waals surface area (Å²) < 4.78 is 5.86. The number of hydrogen-bond donors (Lipinski definition) is 1. The minimum Gasteiger partial charge on any atom is -0.459 e. The first-order valence-electron chi connectivity index (χ1n) is 7.23. The lowest BCUT2D eigenvalue weighted by Crippen LogP contribution is -2.25. The van der Waals surface area contributed by atoms with E-state index < -0.39 is 0 Å². The number of para-hydroxylation sites is 1. The summed E-state index contributed by atoms with van der Waals surface area (Å²) in [4.78, 5) is 2.51. The molecule has 0 aliphatic heterocycles. The van der Waals surface area contributed by atoms with Crippen LogP contribution in [0.15, 0.2) is 28.7 Å². The number of rotatable bonds is 6. The lowest BCUT2D eigenvalue weighted by Gasteiger charge is -2.20. The van der Waals surface area contributed by atoms with Crippen LogP contribution in [-0.4, -0.2) is 18.0 Å². The predicted octanol–water partition coefficient (Wildman–Crippen LogP) is 3.12. The third-order valence-electron chi connectivity index (χ3n) is 4.01. The zero-order valence-corrected chi connectivity index (χ0v) is 11.6. The highest BCUT2D eigenvalue weighted by Gasteiger charge is 2.24. The molecule has 1 fully saturated rings. The van der Waals surface area contributed by atoms with Crippen LogP contribution in [-0.2, 0) is 13.1 Å². The number of nitrogens with two attached hydrogens (primary N) is 1. The van der Waals surface area contributed by atoms with Crippen LogP contribution in [0.1, 0.15) is 31.1 Å². The molecule has 1 aliphatic rings. The Kier molecular flexibility index (Phi) is 3.58. The summed E-state index contributed by atoms with van der Waals surface area (Å²) in [5, 5.41) is 1.22. The van der Waals surface area contributed by atoms with Crippen LogP contribution in [0.2, 0.25) is 0 Å². The second kappa shape index (κ2) is 5.35. The smallest absolute Gasteiger partial charge is 0.134 e. The fourth-order valence-electron chi connectivity index (χ4n) is 2.68. The Balaban J connectivity index is 1.88. The van der Waals surface area contributed by atoms with E-state index >= 15 is 0 Å². The van der Waals surface area contributed by atoms with Crippen molar-refractivity contribution in [2.24, 2.45) is 11.7 Å². The number of nitrogens with zero attached hydrogens (tertiary/aromatic N) is 1. The van der Waals surface area contributed by atoms with Crippen molar-refractivity contribution in [1.29, 1.82) is 0 Å². The minimum absolute atomic E-state index is 0.477. The van der Waals surface area contributed by atoms with Crippen molar-refractivity contribution in [2.45, 2.75) is 32.9 Å². The predicted molar refractivity (Wildman–Crippen MR) is 77.8 cm³/mol. The summed E-state index contributed by atoms with van der Waals surface area (Å²) in [5.74, 6) is 1.86. The summed E-state index contributed by atoms with van der Waals surface area (Å²) in [7, 11) is 0. The van der Waals surface area contributed by atoms with Crippen molar-refractivity contribution in [3.63, 3.8) is 0 Å². The van der Waals surface area contributed by atoms with Crippen molar-refractivity contribution in [1.82, 2.24) is 4.90 Å². The molecule has 0 saturated heterocycles. The lowest BCUT2D eigenvalue weighted by molar-refractivity contribution is 0.267. The van der Waals surface area contributed by atoms with Gasteiger partial charge in [-0.05, 0) is 31.4 Å². The van der Waals surface area contributed by atoms with Gasteiger partial charge in [-0.25, -0.2) is 0 Å². The highest BCUT2D eigenvalue weighted by molar-refractivity contribution is 5.82. The Morgan fingerprint density at radius 1 is 1.32 bits per heavy atom. The molecular weight excluding hydrogens is 236 g/mol. The summed E-state index contributed by atoms with van der Waals surface area (Å²) in [6.07, 6.45) is 2.79. The topological polar surface area (TPSA) is 42.4 Å². The largest absolute Gasteiger partial charge is 0.459 e. The summed E-state index contributed by atoms with van der Waals surface area (Å²) >= 11 is 0. The van der Waals surface area contributed by atoms with Crippen molar-refractivity contribution in [2.75, 3.05) is 13.1 Å². The number of furan rings is 1. The molecule has 0 spiro atoms. The fraction of sp³-hybridized carbons (Fsp3) is 0.500. The van der Waals surface area contributed by atoms with Crippen molar-refractivity contribution >= 4 is 11.0 Å². The average Bonchev–Trinajstić information content (AvgIpc) is 3.19. The molecule has 3 rings (SSSR count). The molecular formula is C16H22N2O. The van der Waals surface area contributed by atoms with Crippen molar-refractivity contribution in [3.8, 4) is 0 Å². The molecule has 0 atom stereocenters. The van der Waals surface area contributed by atoms with Gasteiger partial charge in [-0.1, -0.05) is 25.1 Å². The fourth-order valence-corrected chi connectivity index (χ4v) is 2.68. The van der Waals surface area contributed by atoms with Gasteiger partial charge >= 0.3 is 0 Å². The van der Waals surface area contributed by atoms with E-state index in [-0.39, 0.29) is 0 Å². The summed E-state index contributed by atoms with van der Waals surface area (Å²) in [5.41, 5.74) is 8.07. The second-order valence-electron chi connectivity index (χ2n) is 5.48. The lowest BCUT2D eigenvalue weighted by atomic mass is 10.1. The Bertz CT molecular complexity index is 557. The van der Waals surface area contributed by atoms with Gasteiger partial charge in [0.15, 0.2) is 0 Å². The van der Waals surface area contributed by atoms with Gasteiger partial charge in [-0.2, -0.15) is 0 Å². The maximum absolute atomic E-state index is 5.86. The monoisotopic (exact) mass is 258 g/mol.